The predicted molar refractivity (Wildman–Crippen MR) is 243 cm³/mol. The molecule has 1 heterocycles. The molecule has 0 aliphatic heterocycles. The highest BCUT2D eigenvalue weighted by Gasteiger charge is 2.36. The van der Waals surface area contributed by atoms with Crippen molar-refractivity contribution in [3.63, 3.8) is 0 Å². The lowest BCUT2D eigenvalue weighted by Gasteiger charge is -2.24. The molecule has 0 saturated heterocycles. The van der Waals surface area contributed by atoms with E-state index in [1.807, 2.05) is 11.3 Å². The molecule has 0 unspecified atom stereocenters. The summed E-state index contributed by atoms with van der Waals surface area (Å²) in [6.45, 7) is 4.83. The van der Waals surface area contributed by atoms with Gasteiger partial charge in [0.2, 0.25) is 0 Å². The monoisotopic (exact) mass is 728 g/mol. The summed E-state index contributed by atoms with van der Waals surface area (Å²) in [6, 6.07) is 68.3. The molecule has 0 fully saturated rings. The van der Waals surface area contributed by atoms with E-state index in [1.54, 1.807) is 0 Å². The van der Waals surface area contributed by atoms with E-state index >= 15 is 0 Å². The van der Waals surface area contributed by atoms with E-state index in [9.17, 15) is 0 Å². The van der Waals surface area contributed by atoms with Gasteiger partial charge in [-0.1, -0.05) is 172 Å². The lowest BCUT2D eigenvalue weighted by atomic mass is 9.79. The van der Waals surface area contributed by atoms with Gasteiger partial charge in [0.25, 0.3) is 0 Å². The van der Waals surface area contributed by atoms with Crippen molar-refractivity contribution in [2.24, 2.45) is 0 Å². The fourth-order valence-corrected chi connectivity index (χ4v) is 11.2. The molecule has 10 aromatic carbocycles. The third kappa shape index (κ3) is 4.41. The minimum atomic E-state index is -0.178. The second-order valence-corrected chi connectivity index (χ2v) is 17.0. The first-order valence-corrected chi connectivity index (χ1v) is 20.4. The van der Waals surface area contributed by atoms with E-state index in [0.717, 1.165) is 0 Å². The van der Waals surface area contributed by atoms with Crippen molar-refractivity contribution in [3.05, 3.63) is 193 Å². The van der Waals surface area contributed by atoms with Gasteiger partial charge in [0.15, 0.2) is 0 Å². The molecule has 0 atom stereocenters. The molecule has 0 bridgehead atoms. The van der Waals surface area contributed by atoms with Gasteiger partial charge in [-0.05, 0) is 123 Å². The van der Waals surface area contributed by atoms with E-state index in [0.29, 0.717) is 0 Å². The largest absolute Gasteiger partial charge is 0.135 e. The van der Waals surface area contributed by atoms with Crippen molar-refractivity contribution < 1.29 is 0 Å². The number of fused-ring (bicyclic) bond motifs is 11. The predicted octanol–water partition coefficient (Wildman–Crippen LogP) is 16.0. The smallest absolute Gasteiger partial charge is 0.0368 e. The average Bonchev–Trinajstić information content (AvgIpc) is 3.73. The Bertz CT molecular complexity index is 3390. The molecular formula is C55H36S. The van der Waals surface area contributed by atoms with Gasteiger partial charge in [0.1, 0.15) is 0 Å². The first-order valence-electron chi connectivity index (χ1n) is 19.6. The first-order chi connectivity index (χ1) is 27.5. The Morgan fingerprint density at radius 3 is 1.55 bits per heavy atom. The van der Waals surface area contributed by atoms with Crippen LogP contribution in [0.1, 0.15) is 25.0 Å². The van der Waals surface area contributed by atoms with Crippen molar-refractivity contribution in [1.29, 1.82) is 0 Å². The van der Waals surface area contributed by atoms with Gasteiger partial charge >= 0.3 is 0 Å². The molecule has 1 heteroatoms. The fourth-order valence-electron chi connectivity index (χ4n) is 10.1. The van der Waals surface area contributed by atoms with Gasteiger partial charge in [-0.3, -0.25) is 0 Å². The summed E-state index contributed by atoms with van der Waals surface area (Å²) in [5.41, 5.74) is 13.0. The molecule has 0 radical (unpaired) electrons. The maximum atomic E-state index is 2.50. The van der Waals surface area contributed by atoms with Crippen molar-refractivity contribution in [3.8, 4) is 44.5 Å². The van der Waals surface area contributed by atoms with Crippen LogP contribution < -0.4 is 0 Å². The first kappa shape index (κ1) is 31.8. The standard InChI is InChI=1S/C55H36S/c1-55(2)48-30-34(47-32-51-54(41-18-6-5-17-37(41)47)46-23-11-12-25-50(46)56-51)26-28-38(48)39-29-27-35(31-49(39)55)52-42-19-7-9-21-44(42)53(45-22-10-8-20-43(45)52)40-24-13-15-33-14-3-4-16-36(33)40/h3-32H,1-2H3. The molecule has 1 aromatic heterocycles. The van der Waals surface area contributed by atoms with Crippen molar-refractivity contribution >= 4 is 74.6 Å². The molecule has 0 nitrogen and oxygen atoms in total. The Kier molecular flexibility index (Phi) is 6.66. The molecule has 56 heavy (non-hydrogen) atoms. The third-order valence-corrected chi connectivity index (χ3v) is 13.8. The Morgan fingerprint density at radius 2 is 0.857 bits per heavy atom. The molecule has 0 spiro atoms. The van der Waals surface area contributed by atoms with Gasteiger partial charge in [-0.25, -0.2) is 0 Å². The zero-order valence-electron chi connectivity index (χ0n) is 31.2. The molecule has 0 amide bonds. The third-order valence-electron chi connectivity index (χ3n) is 12.7. The van der Waals surface area contributed by atoms with Crippen LogP contribution in [0.2, 0.25) is 0 Å². The summed E-state index contributed by atoms with van der Waals surface area (Å²) in [7, 11) is 0. The van der Waals surface area contributed by atoms with E-state index in [1.165, 1.54) is 119 Å². The van der Waals surface area contributed by atoms with Gasteiger partial charge in [0, 0.05) is 25.6 Å². The van der Waals surface area contributed by atoms with Crippen molar-refractivity contribution in [2.45, 2.75) is 19.3 Å². The molecule has 1 aliphatic carbocycles. The summed E-state index contributed by atoms with van der Waals surface area (Å²) >= 11 is 1.90. The quantitative estimate of drug-likeness (QED) is 0.159. The van der Waals surface area contributed by atoms with E-state index < -0.39 is 0 Å². The Labute approximate surface area is 329 Å². The highest BCUT2D eigenvalue weighted by atomic mass is 32.1. The summed E-state index contributed by atoms with van der Waals surface area (Å²) in [6.07, 6.45) is 0. The summed E-state index contributed by atoms with van der Waals surface area (Å²) in [5.74, 6) is 0. The van der Waals surface area contributed by atoms with E-state index in [4.69, 9.17) is 0 Å². The molecule has 0 N–H and O–H groups in total. The van der Waals surface area contributed by atoms with E-state index in [2.05, 4.69) is 196 Å². The van der Waals surface area contributed by atoms with Crippen LogP contribution in [-0.2, 0) is 5.41 Å². The van der Waals surface area contributed by atoms with Crippen LogP contribution >= 0.6 is 11.3 Å². The summed E-state index contributed by atoms with van der Waals surface area (Å²) in [4.78, 5) is 0. The van der Waals surface area contributed by atoms with E-state index in [-0.39, 0.29) is 5.41 Å². The van der Waals surface area contributed by atoms with Crippen LogP contribution in [0, 0.1) is 0 Å². The van der Waals surface area contributed by atoms with Gasteiger partial charge in [-0.2, -0.15) is 0 Å². The maximum absolute atomic E-state index is 2.50. The number of rotatable bonds is 3. The summed E-state index contributed by atoms with van der Waals surface area (Å²) < 4.78 is 2.69. The topological polar surface area (TPSA) is 0 Å². The minimum Gasteiger partial charge on any atom is -0.135 e. The van der Waals surface area contributed by atoms with Gasteiger partial charge < -0.3 is 0 Å². The zero-order valence-corrected chi connectivity index (χ0v) is 32.0. The number of hydrogen-bond donors (Lipinski definition) is 0. The van der Waals surface area contributed by atoms with Crippen LogP contribution in [0.3, 0.4) is 0 Å². The molecule has 11 aromatic rings. The fraction of sp³-hybridized carbons (Fsp3) is 0.0545. The lowest BCUT2D eigenvalue weighted by molar-refractivity contribution is 0.661. The number of thiophene rings is 1. The molecule has 12 rings (SSSR count). The SMILES string of the molecule is CC1(C)c2cc(-c3c4ccccc4c(-c4cccc5ccccc45)c4ccccc34)ccc2-c2ccc(-c3cc4sc5ccccc5c4c4ccccc34)cc21. The highest BCUT2D eigenvalue weighted by molar-refractivity contribution is 7.26. The molecule has 262 valence electrons. The normalized spacial score (nSPS) is 13.3. The highest BCUT2D eigenvalue weighted by Crippen LogP contribution is 2.53. The number of hydrogen-bond acceptors (Lipinski definition) is 1. The van der Waals surface area contributed by atoms with Crippen LogP contribution in [0.4, 0.5) is 0 Å². The zero-order chi connectivity index (χ0) is 37.1. The molecule has 1 aliphatic rings. The Morgan fingerprint density at radius 1 is 0.339 bits per heavy atom. The van der Waals surface area contributed by atoms with Crippen molar-refractivity contribution in [1.82, 2.24) is 0 Å². The summed E-state index contributed by atoms with van der Waals surface area (Å²) in [5, 5.41) is 13.0. The van der Waals surface area contributed by atoms with Crippen LogP contribution in [0.15, 0.2) is 182 Å². The minimum absolute atomic E-state index is 0.178. The molecule has 0 saturated carbocycles. The van der Waals surface area contributed by atoms with Gasteiger partial charge in [0.05, 0.1) is 0 Å². The second kappa shape index (κ2) is 11.7. The second-order valence-electron chi connectivity index (χ2n) is 16.0. The van der Waals surface area contributed by atoms with Crippen LogP contribution in [-0.4, -0.2) is 0 Å². The number of benzene rings is 10. The Hall–Kier alpha value is -6.54. The van der Waals surface area contributed by atoms with Crippen LogP contribution in [0.5, 0.6) is 0 Å². The lowest BCUT2D eigenvalue weighted by Crippen LogP contribution is -2.15. The Balaban J connectivity index is 1.04. The molecular weight excluding hydrogens is 693 g/mol. The maximum Gasteiger partial charge on any atom is 0.0368 e. The van der Waals surface area contributed by atoms with Gasteiger partial charge in [-0.15, -0.1) is 11.3 Å². The van der Waals surface area contributed by atoms with Crippen LogP contribution in [0.25, 0.3) is 108 Å². The average molecular weight is 729 g/mol. The van der Waals surface area contributed by atoms with Crippen molar-refractivity contribution in [2.75, 3.05) is 0 Å².